The molecule has 2 aromatic carbocycles. The van der Waals surface area contributed by atoms with E-state index in [1.165, 1.54) is 16.9 Å². The van der Waals surface area contributed by atoms with Crippen molar-refractivity contribution in [2.45, 2.75) is 6.54 Å². The number of hydrogen-bond acceptors (Lipinski definition) is 7. The molecule has 4 rings (SSSR count). The second-order valence-electron chi connectivity index (χ2n) is 6.31. The minimum Gasteiger partial charge on any atom is -0.431 e. The first-order chi connectivity index (χ1) is 13.2. The van der Waals surface area contributed by atoms with Crippen LogP contribution in [0.25, 0.3) is 10.2 Å². The van der Waals surface area contributed by atoms with Crippen LogP contribution in [0.5, 0.6) is 10.9 Å². The molecule has 0 unspecified atom stereocenters. The zero-order valence-electron chi connectivity index (χ0n) is 14.7. The molecule has 0 bridgehead atoms. The molecule has 0 aliphatic carbocycles. The lowest BCUT2D eigenvalue weighted by Crippen LogP contribution is -2.47. The molecule has 2 N–H and O–H groups in total. The van der Waals surface area contributed by atoms with Gasteiger partial charge in [-0.1, -0.05) is 35.6 Å². The van der Waals surface area contributed by atoms with E-state index < -0.39 is 6.09 Å². The van der Waals surface area contributed by atoms with E-state index in [-0.39, 0.29) is 0 Å². The Labute approximate surface area is 160 Å². The van der Waals surface area contributed by atoms with Gasteiger partial charge in [-0.2, -0.15) is 0 Å². The molecule has 27 heavy (non-hydrogen) atoms. The Kier molecular flexibility index (Phi) is 5.19. The normalized spacial score (nSPS) is 15.7. The molecular weight excluding hydrogens is 364 g/mol. The molecule has 1 fully saturated rings. The molecule has 1 amide bonds. The van der Waals surface area contributed by atoms with Crippen molar-refractivity contribution in [2.24, 2.45) is 5.73 Å². The van der Waals surface area contributed by atoms with Crippen LogP contribution in [-0.2, 0) is 11.4 Å². The maximum absolute atomic E-state index is 10.8. The van der Waals surface area contributed by atoms with Crippen molar-refractivity contribution >= 4 is 27.6 Å². The third-order valence-electron chi connectivity index (χ3n) is 4.36. The molecule has 1 aliphatic heterocycles. The number of rotatable bonds is 5. The van der Waals surface area contributed by atoms with E-state index in [1.54, 1.807) is 5.06 Å². The first-order valence-corrected chi connectivity index (χ1v) is 9.54. The number of ether oxygens (including phenoxy) is 1. The predicted molar refractivity (Wildman–Crippen MR) is 104 cm³/mol. The van der Waals surface area contributed by atoms with E-state index in [2.05, 4.69) is 22.0 Å². The van der Waals surface area contributed by atoms with Gasteiger partial charge in [0.2, 0.25) is 0 Å². The molecule has 3 aromatic rings. The molecule has 1 saturated heterocycles. The lowest BCUT2D eigenvalue weighted by Gasteiger charge is -2.32. The fourth-order valence-corrected chi connectivity index (χ4v) is 3.86. The van der Waals surface area contributed by atoms with Gasteiger partial charge in [0.15, 0.2) is 0 Å². The number of carbonyl (C=O) groups is 1. The number of hydroxylamine groups is 2. The van der Waals surface area contributed by atoms with Crippen LogP contribution in [0.1, 0.15) is 5.56 Å². The predicted octanol–water partition coefficient (Wildman–Crippen LogP) is 3.22. The van der Waals surface area contributed by atoms with Crippen LogP contribution in [-0.4, -0.2) is 47.2 Å². The number of piperazine rings is 1. The van der Waals surface area contributed by atoms with Gasteiger partial charge in [0.25, 0.3) is 5.19 Å². The first kappa shape index (κ1) is 17.7. The number of primary amides is 1. The maximum atomic E-state index is 10.8. The summed E-state index contributed by atoms with van der Waals surface area (Å²) in [5, 5.41) is 2.25. The monoisotopic (exact) mass is 384 g/mol. The van der Waals surface area contributed by atoms with Gasteiger partial charge >= 0.3 is 6.09 Å². The van der Waals surface area contributed by atoms with Crippen LogP contribution < -0.4 is 10.5 Å². The number of benzene rings is 2. The SMILES string of the molecule is NC(=O)ON1CCN(Cc2ccc(Oc3nc4ccccc4s3)cc2)CC1. The van der Waals surface area contributed by atoms with Crippen molar-refractivity contribution in [2.75, 3.05) is 26.2 Å². The standard InChI is InChI=1S/C19H20N4O3S/c20-18(24)26-23-11-9-22(10-12-23)13-14-5-7-15(8-6-14)25-19-21-16-3-1-2-4-17(16)27-19/h1-8H,9-13H2,(H2,20,24). The minimum absolute atomic E-state index is 0.648. The zero-order valence-corrected chi connectivity index (χ0v) is 15.5. The number of carbonyl (C=O) groups excluding carboxylic acids is 1. The van der Waals surface area contributed by atoms with Gasteiger partial charge in [0.1, 0.15) is 5.75 Å². The van der Waals surface area contributed by atoms with Gasteiger partial charge in [-0.05, 0) is 29.8 Å². The largest absolute Gasteiger partial charge is 0.431 e. The number of nitrogens with zero attached hydrogens (tertiary/aromatic N) is 3. The third kappa shape index (κ3) is 4.54. The summed E-state index contributed by atoms with van der Waals surface area (Å²) in [5.74, 6) is 0.775. The summed E-state index contributed by atoms with van der Waals surface area (Å²) in [5.41, 5.74) is 7.20. The summed E-state index contributed by atoms with van der Waals surface area (Å²) in [4.78, 5) is 22.5. The highest BCUT2D eigenvalue weighted by molar-refractivity contribution is 7.20. The van der Waals surface area contributed by atoms with E-state index in [4.69, 9.17) is 15.3 Å². The zero-order chi connectivity index (χ0) is 18.6. The molecule has 140 valence electrons. The quantitative estimate of drug-likeness (QED) is 0.727. The fourth-order valence-electron chi connectivity index (χ4n) is 3.02. The van der Waals surface area contributed by atoms with Gasteiger partial charge in [-0.15, -0.1) is 5.06 Å². The Morgan fingerprint density at radius 3 is 2.52 bits per heavy atom. The van der Waals surface area contributed by atoms with Crippen LogP contribution >= 0.6 is 11.3 Å². The number of thiazole rings is 1. The summed E-state index contributed by atoms with van der Waals surface area (Å²) in [6.07, 6.45) is -0.757. The Morgan fingerprint density at radius 2 is 1.81 bits per heavy atom. The molecule has 7 nitrogen and oxygen atoms in total. The molecule has 2 heterocycles. The average Bonchev–Trinajstić information content (AvgIpc) is 3.07. The lowest BCUT2D eigenvalue weighted by molar-refractivity contribution is -0.120. The van der Waals surface area contributed by atoms with Crippen LogP contribution in [0.4, 0.5) is 4.79 Å². The Bertz CT molecular complexity index is 887. The molecular formula is C19H20N4O3S. The number of amides is 1. The van der Waals surface area contributed by atoms with Crippen LogP contribution in [0.2, 0.25) is 0 Å². The van der Waals surface area contributed by atoms with Gasteiger partial charge < -0.3 is 15.3 Å². The first-order valence-electron chi connectivity index (χ1n) is 8.73. The van der Waals surface area contributed by atoms with E-state index in [0.717, 1.165) is 35.6 Å². The van der Waals surface area contributed by atoms with Crippen molar-refractivity contribution in [1.29, 1.82) is 0 Å². The van der Waals surface area contributed by atoms with E-state index in [9.17, 15) is 4.79 Å². The lowest BCUT2D eigenvalue weighted by atomic mass is 10.2. The average molecular weight is 384 g/mol. The van der Waals surface area contributed by atoms with Gasteiger partial charge in [-0.3, -0.25) is 4.90 Å². The van der Waals surface area contributed by atoms with Crippen molar-refractivity contribution in [3.05, 3.63) is 54.1 Å². The molecule has 0 radical (unpaired) electrons. The third-order valence-corrected chi connectivity index (χ3v) is 5.27. The maximum Gasteiger partial charge on any atom is 0.423 e. The second kappa shape index (κ2) is 7.91. The topological polar surface area (TPSA) is 80.9 Å². The van der Waals surface area contributed by atoms with E-state index >= 15 is 0 Å². The number of nitrogens with two attached hydrogens (primary N) is 1. The van der Waals surface area contributed by atoms with E-state index in [0.29, 0.717) is 18.3 Å². The number of para-hydroxylation sites is 1. The Hall–Kier alpha value is -2.68. The van der Waals surface area contributed by atoms with Crippen LogP contribution in [0, 0.1) is 0 Å². The second-order valence-corrected chi connectivity index (χ2v) is 7.30. The van der Waals surface area contributed by atoms with Crippen molar-refractivity contribution in [3.8, 4) is 10.9 Å². The van der Waals surface area contributed by atoms with Crippen LogP contribution in [0.3, 0.4) is 0 Å². The van der Waals surface area contributed by atoms with Crippen LogP contribution in [0.15, 0.2) is 48.5 Å². The highest BCUT2D eigenvalue weighted by atomic mass is 32.1. The summed E-state index contributed by atoms with van der Waals surface area (Å²) < 4.78 is 7.00. The fraction of sp³-hybridized carbons (Fsp3) is 0.263. The van der Waals surface area contributed by atoms with Crippen molar-refractivity contribution in [3.63, 3.8) is 0 Å². The number of fused-ring (bicyclic) bond motifs is 1. The molecule has 0 atom stereocenters. The summed E-state index contributed by atoms with van der Waals surface area (Å²) in [7, 11) is 0. The summed E-state index contributed by atoms with van der Waals surface area (Å²) in [6.45, 7) is 3.78. The smallest absolute Gasteiger partial charge is 0.423 e. The van der Waals surface area contributed by atoms with E-state index in [1.807, 2.05) is 36.4 Å². The number of aromatic nitrogens is 1. The van der Waals surface area contributed by atoms with Crippen molar-refractivity contribution in [1.82, 2.24) is 14.9 Å². The van der Waals surface area contributed by atoms with Gasteiger partial charge in [0, 0.05) is 32.7 Å². The van der Waals surface area contributed by atoms with Gasteiger partial charge in [-0.25, -0.2) is 9.78 Å². The molecule has 1 aromatic heterocycles. The molecule has 8 heteroatoms. The molecule has 0 saturated carbocycles. The minimum atomic E-state index is -0.757. The Morgan fingerprint density at radius 1 is 1.07 bits per heavy atom. The molecule has 1 aliphatic rings. The Balaban J connectivity index is 1.32. The van der Waals surface area contributed by atoms with Crippen molar-refractivity contribution < 1.29 is 14.4 Å². The van der Waals surface area contributed by atoms with Gasteiger partial charge in [0.05, 0.1) is 10.2 Å². The summed E-state index contributed by atoms with van der Waals surface area (Å²) in [6, 6.07) is 16.1. The molecule has 0 spiro atoms. The highest BCUT2D eigenvalue weighted by Gasteiger charge is 2.19. The highest BCUT2D eigenvalue weighted by Crippen LogP contribution is 2.31. The number of hydrogen-bond donors (Lipinski definition) is 1. The summed E-state index contributed by atoms with van der Waals surface area (Å²) >= 11 is 1.54.